The quantitative estimate of drug-likeness (QED) is 0.541. The molecule has 0 saturated carbocycles. The second-order valence-corrected chi connectivity index (χ2v) is 2.35. The Labute approximate surface area is 75.0 Å². The summed E-state index contributed by atoms with van der Waals surface area (Å²) in [5, 5.41) is 0. The lowest BCUT2D eigenvalue weighted by atomic mass is 9.79. The molecule has 0 spiro atoms. The molecule has 0 aliphatic rings. The second kappa shape index (κ2) is 32.2. The zero-order chi connectivity index (χ0) is 9.54. The van der Waals surface area contributed by atoms with Crippen LogP contribution >= 0.6 is 0 Å². The molecule has 0 aliphatic heterocycles. The molecular weight excluding hydrogens is 131 g/mol. The molecule has 0 amide bonds. The van der Waals surface area contributed by atoms with Crippen LogP contribution in [0.2, 0.25) is 13.1 Å². The molecule has 0 nitrogen and oxygen atoms in total. The number of hydrogen-bond acceptors (Lipinski definition) is 0. The average Bonchev–Trinajstić information content (AvgIpc) is 2.10. The molecule has 0 unspecified atom stereocenters. The van der Waals surface area contributed by atoms with Crippen LogP contribution in [0.15, 0.2) is 0 Å². The van der Waals surface area contributed by atoms with Gasteiger partial charge >= 0.3 is 0 Å². The monoisotopic (exact) mass is 158 g/mol. The van der Waals surface area contributed by atoms with Crippen molar-refractivity contribution in [1.29, 1.82) is 0 Å². The van der Waals surface area contributed by atoms with Crippen LogP contribution < -0.4 is 0 Å². The highest BCUT2D eigenvalue weighted by atomic mass is 13.7. The first kappa shape index (κ1) is 17.2. The van der Waals surface area contributed by atoms with Gasteiger partial charge in [0.2, 0.25) is 0 Å². The van der Waals surface area contributed by atoms with E-state index < -0.39 is 0 Å². The molecule has 0 N–H and O–H groups in total. The molecule has 70 valence electrons. The third kappa shape index (κ3) is 69.7. The lowest BCUT2D eigenvalue weighted by Crippen LogP contribution is -1.67. The lowest BCUT2D eigenvalue weighted by molar-refractivity contribution is 0.772. The van der Waals surface area contributed by atoms with Gasteiger partial charge in [-0.05, 0) is 0 Å². The first-order valence-corrected chi connectivity index (χ1v) is 5.33. The molecule has 11 heavy (non-hydrogen) atoms. The summed E-state index contributed by atoms with van der Waals surface area (Å²) in [6, 6.07) is 0. The van der Waals surface area contributed by atoms with Gasteiger partial charge in [0.1, 0.15) is 7.28 Å². The van der Waals surface area contributed by atoms with Crippen molar-refractivity contribution in [2.24, 2.45) is 0 Å². The molecule has 1 heteroatoms. The van der Waals surface area contributed by atoms with Crippen molar-refractivity contribution in [2.45, 2.75) is 67.0 Å². The topological polar surface area (TPSA) is 0 Å². The van der Waals surface area contributed by atoms with E-state index in [2.05, 4.69) is 27.6 Å². The van der Waals surface area contributed by atoms with Gasteiger partial charge in [-0.25, -0.2) is 0 Å². The van der Waals surface area contributed by atoms with E-state index in [1.165, 1.54) is 32.9 Å². The van der Waals surface area contributed by atoms with Gasteiger partial charge in [0, 0.05) is 0 Å². The highest BCUT2D eigenvalue weighted by Gasteiger charge is 1.68. The van der Waals surface area contributed by atoms with Gasteiger partial charge in [0.25, 0.3) is 0 Å². The van der Waals surface area contributed by atoms with E-state index in [4.69, 9.17) is 0 Å². The van der Waals surface area contributed by atoms with Gasteiger partial charge in [-0.3, -0.25) is 0 Å². The molecule has 0 aliphatic carbocycles. The normalized spacial score (nSPS) is 6.73. The molecule has 0 aromatic heterocycles. The van der Waals surface area contributed by atoms with E-state index >= 15 is 0 Å². The zero-order valence-electron chi connectivity index (χ0n) is 9.54. The largest absolute Gasteiger partial charge is 0.117 e. The molecule has 0 atom stereocenters. The predicted molar refractivity (Wildman–Crippen MR) is 60.0 cm³/mol. The maximum Gasteiger partial charge on any atom is 0.117 e. The van der Waals surface area contributed by atoms with Crippen LogP contribution in [0.1, 0.15) is 53.9 Å². The molecule has 0 rings (SSSR count). The molecular formula is C10H27B. The van der Waals surface area contributed by atoms with Crippen molar-refractivity contribution in [1.82, 2.24) is 0 Å². The minimum Gasteiger partial charge on any atom is -0.0893 e. The first-order chi connectivity index (χ1) is 5.33. The van der Waals surface area contributed by atoms with Crippen LogP contribution in [-0.2, 0) is 0 Å². The minimum absolute atomic E-state index is 1.32. The summed E-state index contributed by atoms with van der Waals surface area (Å²) in [6.07, 6.45) is 5.40. The van der Waals surface area contributed by atoms with Gasteiger partial charge < -0.3 is 0 Å². The Kier molecular flexibility index (Phi) is 50.5. The highest BCUT2D eigenvalue weighted by molar-refractivity contribution is 6.33. The molecule has 0 fully saturated rings. The number of unbranched alkanes of at least 4 members (excludes halogenated alkanes) is 2. The standard InChI is InChI=1S/C5H12.C3H9B.C2H6/c1-3-5-4-2;1-3-4-2;1-2/h3-5H2,1-2H3;4H,3H2,1-2H3;1-2H3. The maximum absolute atomic E-state index is 2.21. The van der Waals surface area contributed by atoms with E-state index in [0.29, 0.717) is 0 Å². The van der Waals surface area contributed by atoms with E-state index in [9.17, 15) is 0 Å². The Morgan fingerprint density at radius 1 is 0.909 bits per heavy atom. The van der Waals surface area contributed by atoms with Crippen LogP contribution in [0.4, 0.5) is 0 Å². The summed E-state index contributed by atoms with van der Waals surface area (Å²) in [7, 11) is 1.32. The molecule has 0 saturated heterocycles. The smallest absolute Gasteiger partial charge is 0.0893 e. The van der Waals surface area contributed by atoms with Crippen LogP contribution in [-0.4, -0.2) is 7.28 Å². The SMILES string of the molecule is CBCC.CC.CCCCC. The fraction of sp³-hybridized carbons (Fsp3) is 1.00. The third-order valence-electron chi connectivity index (χ3n) is 1.21. The van der Waals surface area contributed by atoms with Crippen molar-refractivity contribution < 1.29 is 0 Å². The van der Waals surface area contributed by atoms with E-state index in [1.807, 2.05) is 13.8 Å². The number of rotatable bonds is 3. The van der Waals surface area contributed by atoms with Crippen molar-refractivity contribution in [3.05, 3.63) is 0 Å². The highest BCUT2D eigenvalue weighted by Crippen LogP contribution is 1.88. The van der Waals surface area contributed by atoms with Crippen molar-refractivity contribution in [3.8, 4) is 0 Å². The summed E-state index contributed by atoms with van der Waals surface area (Å²) in [5.41, 5.74) is 0. The van der Waals surface area contributed by atoms with Gasteiger partial charge in [0.15, 0.2) is 0 Å². The van der Waals surface area contributed by atoms with Crippen molar-refractivity contribution in [3.63, 3.8) is 0 Å². The van der Waals surface area contributed by atoms with Gasteiger partial charge in [-0.15, -0.1) is 0 Å². The summed E-state index contributed by atoms with van der Waals surface area (Å²) in [6.45, 7) is 12.8. The van der Waals surface area contributed by atoms with Crippen LogP contribution in [0.5, 0.6) is 0 Å². The average molecular weight is 158 g/mol. The second-order valence-electron chi connectivity index (χ2n) is 2.35. The maximum atomic E-state index is 2.21. The third-order valence-corrected chi connectivity index (χ3v) is 1.21. The van der Waals surface area contributed by atoms with Gasteiger partial charge in [-0.2, -0.15) is 0 Å². The molecule has 0 aromatic carbocycles. The summed E-state index contributed by atoms with van der Waals surface area (Å²) >= 11 is 0. The van der Waals surface area contributed by atoms with Crippen LogP contribution in [0.3, 0.4) is 0 Å². The molecule has 0 bridgehead atoms. The zero-order valence-corrected chi connectivity index (χ0v) is 9.54. The Bertz CT molecular complexity index is 24.1. The summed E-state index contributed by atoms with van der Waals surface area (Å²) in [5.74, 6) is 0. The van der Waals surface area contributed by atoms with E-state index in [-0.39, 0.29) is 0 Å². The van der Waals surface area contributed by atoms with Gasteiger partial charge in [0.05, 0.1) is 0 Å². The van der Waals surface area contributed by atoms with Gasteiger partial charge in [-0.1, -0.05) is 67.0 Å². The lowest BCUT2D eigenvalue weighted by Gasteiger charge is -1.79. The van der Waals surface area contributed by atoms with E-state index in [0.717, 1.165) is 0 Å². The Hall–Kier alpha value is 0.0649. The first-order valence-electron chi connectivity index (χ1n) is 5.33. The fourth-order valence-electron chi connectivity index (χ4n) is 0.354. The Morgan fingerprint density at radius 2 is 1.18 bits per heavy atom. The van der Waals surface area contributed by atoms with Crippen LogP contribution in [0, 0.1) is 0 Å². The van der Waals surface area contributed by atoms with E-state index in [1.54, 1.807) is 0 Å². The van der Waals surface area contributed by atoms with Crippen LogP contribution in [0.25, 0.3) is 0 Å². The molecule has 0 aromatic rings. The number of hydrogen-bond donors (Lipinski definition) is 0. The Morgan fingerprint density at radius 3 is 1.18 bits per heavy atom. The fourth-order valence-corrected chi connectivity index (χ4v) is 0.354. The summed E-state index contributed by atoms with van der Waals surface area (Å²) in [4.78, 5) is 0. The predicted octanol–water partition coefficient (Wildman–Crippen LogP) is 4.13. The minimum atomic E-state index is 1.32. The van der Waals surface area contributed by atoms with Crippen molar-refractivity contribution >= 4 is 7.28 Å². The summed E-state index contributed by atoms with van der Waals surface area (Å²) < 4.78 is 0. The molecule has 0 heterocycles. The Balaban J connectivity index is -0.0000000965. The molecule has 0 radical (unpaired) electrons. The van der Waals surface area contributed by atoms with Crippen molar-refractivity contribution in [2.75, 3.05) is 0 Å².